The van der Waals surface area contributed by atoms with Crippen LogP contribution in [0.2, 0.25) is 0 Å². The van der Waals surface area contributed by atoms with Crippen LogP contribution in [-0.2, 0) is 0 Å². The van der Waals surface area contributed by atoms with Crippen molar-refractivity contribution in [3.05, 3.63) is 27.9 Å². The van der Waals surface area contributed by atoms with Gasteiger partial charge in [0.2, 0.25) is 0 Å². The van der Waals surface area contributed by atoms with E-state index in [9.17, 15) is 14.9 Å². The summed E-state index contributed by atoms with van der Waals surface area (Å²) in [5.74, 6) is 0.147. The fourth-order valence-electron chi connectivity index (χ4n) is 2.34. The Labute approximate surface area is 122 Å². The van der Waals surface area contributed by atoms with Crippen LogP contribution in [0.25, 0.3) is 0 Å². The highest BCUT2D eigenvalue weighted by atomic mass is 16.6. The summed E-state index contributed by atoms with van der Waals surface area (Å²) in [5, 5.41) is 13.7. The van der Waals surface area contributed by atoms with Crippen LogP contribution >= 0.6 is 0 Å². The Bertz CT molecular complexity index is 549. The highest BCUT2D eigenvalue weighted by Gasteiger charge is 2.24. The summed E-state index contributed by atoms with van der Waals surface area (Å²) in [7, 11) is 3.66. The molecule has 8 nitrogen and oxygen atoms in total. The molecule has 1 aromatic rings. The van der Waals surface area contributed by atoms with Crippen LogP contribution in [0.3, 0.4) is 0 Å². The molecule has 0 aromatic carbocycles. The van der Waals surface area contributed by atoms with Gasteiger partial charge in [0.05, 0.1) is 10.5 Å². The number of amides is 1. The molecule has 0 atom stereocenters. The van der Waals surface area contributed by atoms with Crippen LogP contribution in [0.15, 0.2) is 12.3 Å². The molecular weight excluding hydrogens is 274 g/mol. The van der Waals surface area contributed by atoms with Gasteiger partial charge in [0.1, 0.15) is 12.0 Å². The molecule has 2 heterocycles. The largest absolute Gasteiger partial charge is 0.372 e. The molecule has 1 amide bonds. The van der Waals surface area contributed by atoms with Crippen molar-refractivity contribution in [2.45, 2.75) is 6.42 Å². The molecule has 0 saturated carbocycles. The molecule has 8 heteroatoms. The smallest absolute Gasteiger partial charge is 0.288 e. The number of hydrogen-bond donors (Lipinski definition) is 1. The second-order valence-electron chi connectivity index (χ2n) is 5.05. The molecule has 114 valence electrons. The Morgan fingerprint density at radius 1 is 1.38 bits per heavy atom. The van der Waals surface area contributed by atoms with Crippen molar-refractivity contribution in [1.82, 2.24) is 14.8 Å². The number of carbonyl (C=O) groups is 1. The zero-order valence-corrected chi connectivity index (χ0v) is 12.2. The van der Waals surface area contributed by atoms with Gasteiger partial charge < -0.3 is 15.1 Å². The van der Waals surface area contributed by atoms with Crippen LogP contribution in [0.1, 0.15) is 16.8 Å². The molecule has 2 rings (SSSR count). The third-order valence-electron chi connectivity index (χ3n) is 3.56. The summed E-state index contributed by atoms with van der Waals surface area (Å²) in [6, 6.07) is 1.29. The van der Waals surface area contributed by atoms with Gasteiger partial charge in [-0.2, -0.15) is 0 Å². The van der Waals surface area contributed by atoms with Crippen molar-refractivity contribution in [2.75, 3.05) is 45.6 Å². The Hall–Kier alpha value is -2.22. The number of nitrogens with zero attached hydrogens (tertiary/aromatic N) is 4. The van der Waals surface area contributed by atoms with Gasteiger partial charge in [-0.15, -0.1) is 0 Å². The monoisotopic (exact) mass is 293 g/mol. The molecule has 0 spiro atoms. The van der Waals surface area contributed by atoms with Gasteiger partial charge in [-0.3, -0.25) is 14.9 Å². The fraction of sp³-hybridized carbons (Fsp3) is 0.538. The van der Waals surface area contributed by atoms with Crippen molar-refractivity contribution in [2.24, 2.45) is 0 Å². The van der Waals surface area contributed by atoms with E-state index in [1.807, 2.05) is 7.05 Å². The summed E-state index contributed by atoms with van der Waals surface area (Å²) < 4.78 is 0. The molecule has 1 aliphatic rings. The molecule has 1 aliphatic heterocycles. The Morgan fingerprint density at radius 2 is 2.14 bits per heavy atom. The summed E-state index contributed by atoms with van der Waals surface area (Å²) in [5.41, 5.74) is 0.0699. The van der Waals surface area contributed by atoms with Gasteiger partial charge in [-0.05, 0) is 20.0 Å². The molecule has 21 heavy (non-hydrogen) atoms. The molecule has 0 bridgehead atoms. The summed E-state index contributed by atoms with van der Waals surface area (Å²) in [4.78, 5) is 30.8. The summed E-state index contributed by atoms with van der Waals surface area (Å²) >= 11 is 0. The maximum absolute atomic E-state index is 12.6. The van der Waals surface area contributed by atoms with Gasteiger partial charge in [0, 0.05) is 32.7 Å². The van der Waals surface area contributed by atoms with E-state index < -0.39 is 4.92 Å². The number of hydrogen-bond acceptors (Lipinski definition) is 6. The van der Waals surface area contributed by atoms with E-state index in [1.165, 1.54) is 6.07 Å². The van der Waals surface area contributed by atoms with Crippen LogP contribution in [0, 0.1) is 10.1 Å². The second kappa shape index (κ2) is 6.49. The molecule has 1 N–H and O–H groups in total. The van der Waals surface area contributed by atoms with E-state index >= 15 is 0 Å². The van der Waals surface area contributed by atoms with Gasteiger partial charge in [0.25, 0.3) is 11.6 Å². The van der Waals surface area contributed by atoms with Crippen molar-refractivity contribution in [1.29, 1.82) is 0 Å². The van der Waals surface area contributed by atoms with Crippen LogP contribution < -0.4 is 5.32 Å². The molecular formula is C13H19N5O3. The molecule has 1 fully saturated rings. The number of anilines is 1. The van der Waals surface area contributed by atoms with E-state index in [0.717, 1.165) is 25.7 Å². The topological polar surface area (TPSA) is 91.6 Å². The van der Waals surface area contributed by atoms with Crippen LogP contribution in [0.5, 0.6) is 0 Å². The van der Waals surface area contributed by atoms with E-state index in [-0.39, 0.29) is 17.2 Å². The highest BCUT2D eigenvalue weighted by molar-refractivity contribution is 5.99. The second-order valence-corrected chi connectivity index (χ2v) is 5.05. The molecule has 0 aliphatic carbocycles. The van der Waals surface area contributed by atoms with Gasteiger partial charge in [0.15, 0.2) is 0 Å². The Morgan fingerprint density at radius 3 is 2.81 bits per heavy atom. The van der Waals surface area contributed by atoms with Crippen molar-refractivity contribution >= 4 is 17.4 Å². The minimum atomic E-state index is -0.542. The minimum absolute atomic E-state index is 0.177. The van der Waals surface area contributed by atoms with Crippen molar-refractivity contribution in [3.8, 4) is 0 Å². The summed E-state index contributed by atoms with van der Waals surface area (Å²) in [6.07, 6.45) is 2.04. The number of nitro groups is 1. The van der Waals surface area contributed by atoms with Crippen LogP contribution in [-0.4, -0.2) is 65.9 Å². The van der Waals surface area contributed by atoms with Crippen LogP contribution in [0.4, 0.5) is 11.5 Å². The van der Waals surface area contributed by atoms with Gasteiger partial charge in [-0.1, -0.05) is 0 Å². The fourth-order valence-corrected chi connectivity index (χ4v) is 2.34. The predicted octanol–water partition coefficient (Wildman–Crippen LogP) is 0.809. The first-order chi connectivity index (χ1) is 10.0. The number of likely N-dealkylation sites (N-methyl/N-ethyl adjacent to an activating group) is 1. The lowest BCUT2D eigenvalue weighted by molar-refractivity contribution is -0.385. The number of carbonyl (C=O) groups excluding carboxylic acids is 1. The van der Waals surface area contributed by atoms with Gasteiger partial charge in [-0.25, -0.2) is 4.98 Å². The molecule has 1 saturated heterocycles. The highest BCUT2D eigenvalue weighted by Crippen LogP contribution is 2.21. The summed E-state index contributed by atoms with van der Waals surface area (Å²) in [6.45, 7) is 3.00. The Balaban J connectivity index is 2.28. The number of pyridine rings is 1. The zero-order chi connectivity index (χ0) is 15.4. The van der Waals surface area contributed by atoms with E-state index in [2.05, 4.69) is 15.2 Å². The standard InChI is InChI=1S/C13H19N5O3/c1-14-12-11(8-10(9-15-12)18(20)21)13(19)17-5-3-4-16(2)6-7-17/h8-9H,3-7H2,1-2H3,(H,14,15). The number of rotatable bonds is 3. The number of aromatic nitrogens is 1. The quantitative estimate of drug-likeness (QED) is 0.655. The first kappa shape index (κ1) is 15.2. The molecule has 1 aromatic heterocycles. The predicted molar refractivity (Wildman–Crippen MR) is 78.5 cm³/mol. The lowest BCUT2D eigenvalue weighted by atomic mass is 10.2. The van der Waals surface area contributed by atoms with Gasteiger partial charge >= 0.3 is 0 Å². The lowest BCUT2D eigenvalue weighted by Gasteiger charge is -2.21. The van der Waals surface area contributed by atoms with E-state index in [4.69, 9.17) is 0 Å². The maximum atomic E-state index is 12.6. The molecule has 0 unspecified atom stereocenters. The zero-order valence-electron chi connectivity index (χ0n) is 12.2. The third kappa shape index (κ3) is 3.46. The van der Waals surface area contributed by atoms with E-state index in [1.54, 1.807) is 11.9 Å². The van der Waals surface area contributed by atoms with Crippen molar-refractivity contribution < 1.29 is 9.72 Å². The number of nitrogens with one attached hydrogen (secondary N) is 1. The third-order valence-corrected chi connectivity index (χ3v) is 3.56. The first-order valence-corrected chi connectivity index (χ1v) is 6.83. The Kier molecular flexibility index (Phi) is 4.69. The first-order valence-electron chi connectivity index (χ1n) is 6.83. The molecule has 0 radical (unpaired) electrons. The average molecular weight is 293 g/mol. The lowest BCUT2D eigenvalue weighted by Crippen LogP contribution is -2.35. The minimum Gasteiger partial charge on any atom is -0.372 e. The van der Waals surface area contributed by atoms with E-state index in [0.29, 0.717) is 18.9 Å². The SMILES string of the molecule is CNc1ncc([N+](=O)[O-])cc1C(=O)N1CCCN(C)CC1. The maximum Gasteiger partial charge on any atom is 0.288 e. The van der Waals surface area contributed by atoms with Crippen molar-refractivity contribution in [3.63, 3.8) is 0 Å². The average Bonchev–Trinajstić information content (AvgIpc) is 2.70. The normalized spacial score (nSPS) is 16.4.